The maximum atomic E-state index is 11.5. The fraction of sp³-hybridized carbons (Fsp3) is 0.944. The molecule has 0 aromatic rings. The van der Waals surface area contributed by atoms with E-state index in [9.17, 15) is 9.36 Å². The summed E-state index contributed by atoms with van der Waals surface area (Å²) in [5.74, 6) is -0.0858. The van der Waals surface area contributed by atoms with Crippen molar-refractivity contribution in [3.8, 4) is 0 Å². The van der Waals surface area contributed by atoms with Crippen LogP contribution in [0, 0.1) is 0 Å². The molecule has 0 radical (unpaired) electrons. The Balaban J connectivity index is -0.00000288. The zero-order chi connectivity index (χ0) is 18.8. The van der Waals surface area contributed by atoms with Gasteiger partial charge in [0.15, 0.2) is 0 Å². The molecule has 0 aliphatic rings. The third-order valence-corrected chi connectivity index (χ3v) is 4.71. The third kappa shape index (κ3) is 24.6. The van der Waals surface area contributed by atoms with Crippen LogP contribution in [0.2, 0.25) is 0 Å². The summed E-state index contributed by atoms with van der Waals surface area (Å²) in [6, 6.07) is 0. The second-order valence-corrected chi connectivity index (χ2v) is 7.91. The molecule has 0 fully saturated rings. The molecule has 0 atom stereocenters. The SMILES string of the molecule is CCCCCCCCCCCCCCCC(=O)NCCOP(=O)(O)O.[H-].[Na+]. The van der Waals surface area contributed by atoms with Crippen molar-refractivity contribution in [1.29, 1.82) is 0 Å². The number of nitrogens with one attached hydrogen (secondary N) is 1. The number of phosphoric acid groups is 1. The van der Waals surface area contributed by atoms with Crippen LogP contribution in [0.5, 0.6) is 0 Å². The molecule has 152 valence electrons. The van der Waals surface area contributed by atoms with Crippen LogP contribution in [0.25, 0.3) is 0 Å². The van der Waals surface area contributed by atoms with E-state index in [1.54, 1.807) is 0 Å². The van der Waals surface area contributed by atoms with Crippen molar-refractivity contribution in [1.82, 2.24) is 5.32 Å². The first-order valence-corrected chi connectivity index (χ1v) is 11.5. The van der Waals surface area contributed by atoms with Gasteiger partial charge >= 0.3 is 37.4 Å². The minimum Gasteiger partial charge on any atom is -1.00 e. The maximum absolute atomic E-state index is 11.5. The van der Waals surface area contributed by atoms with Crippen LogP contribution in [0.15, 0.2) is 0 Å². The Morgan fingerprint density at radius 3 is 1.73 bits per heavy atom. The Hall–Kier alpha value is 0.580. The van der Waals surface area contributed by atoms with Crippen LogP contribution in [-0.4, -0.2) is 28.8 Å². The molecule has 0 saturated heterocycles. The van der Waals surface area contributed by atoms with Gasteiger partial charge in [-0.15, -0.1) is 0 Å². The molecule has 0 bridgehead atoms. The largest absolute Gasteiger partial charge is 1.00 e. The van der Waals surface area contributed by atoms with E-state index in [2.05, 4.69) is 16.8 Å². The van der Waals surface area contributed by atoms with Crippen LogP contribution in [0.3, 0.4) is 0 Å². The second-order valence-electron chi connectivity index (χ2n) is 6.67. The summed E-state index contributed by atoms with van der Waals surface area (Å²) in [6.07, 6.45) is 17.0. The van der Waals surface area contributed by atoms with E-state index in [1.165, 1.54) is 70.6 Å². The van der Waals surface area contributed by atoms with E-state index >= 15 is 0 Å². The molecule has 0 spiro atoms. The van der Waals surface area contributed by atoms with Gasteiger partial charge in [-0.05, 0) is 6.42 Å². The van der Waals surface area contributed by atoms with Gasteiger partial charge < -0.3 is 16.5 Å². The zero-order valence-corrected chi connectivity index (χ0v) is 19.8. The van der Waals surface area contributed by atoms with Crippen molar-refractivity contribution in [2.45, 2.75) is 96.8 Å². The normalized spacial score (nSPS) is 11.2. The van der Waals surface area contributed by atoms with Gasteiger partial charge in [-0.3, -0.25) is 9.32 Å². The van der Waals surface area contributed by atoms with Crippen molar-refractivity contribution in [2.24, 2.45) is 0 Å². The van der Waals surface area contributed by atoms with E-state index in [0.29, 0.717) is 6.42 Å². The predicted molar refractivity (Wildman–Crippen MR) is 102 cm³/mol. The quantitative estimate of drug-likeness (QED) is 0.184. The summed E-state index contributed by atoms with van der Waals surface area (Å²) < 4.78 is 14.7. The minimum absolute atomic E-state index is 0. The first kappa shape index (κ1) is 28.8. The number of carbonyl (C=O) groups excluding carboxylic acids is 1. The van der Waals surface area contributed by atoms with Gasteiger partial charge in [0.25, 0.3) is 0 Å². The first-order chi connectivity index (χ1) is 12.0. The topological polar surface area (TPSA) is 95.9 Å². The zero-order valence-electron chi connectivity index (χ0n) is 17.9. The smallest absolute Gasteiger partial charge is 1.00 e. The molecule has 6 nitrogen and oxygen atoms in total. The number of phosphoric ester groups is 1. The molecule has 3 N–H and O–H groups in total. The minimum atomic E-state index is -4.43. The fourth-order valence-corrected chi connectivity index (χ4v) is 3.08. The van der Waals surface area contributed by atoms with Crippen molar-refractivity contribution in [3.05, 3.63) is 0 Å². The third-order valence-electron chi connectivity index (χ3n) is 4.19. The van der Waals surface area contributed by atoms with Gasteiger partial charge in [-0.25, -0.2) is 4.57 Å². The number of rotatable bonds is 18. The van der Waals surface area contributed by atoms with Gasteiger partial charge in [0.2, 0.25) is 5.91 Å². The standard InChI is InChI=1S/C18H38NO5P.Na.H/c1-2-3-4-5-6-7-8-9-10-11-12-13-14-15-18(20)19-16-17-24-25(21,22)23;;/h2-17H2,1H3,(H,19,20)(H2,21,22,23);;/q;+1;-1. The van der Waals surface area contributed by atoms with Crippen LogP contribution in [0.4, 0.5) is 0 Å². The summed E-state index contributed by atoms with van der Waals surface area (Å²) in [5.41, 5.74) is 0. The molecule has 0 heterocycles. The molecule has 0 aromatic carbocycles. The van der Waals surface area contributed by atoms with Crippen LogP contribution in [-0.2, 0) is 13.9 Å². The number of unbranched alkanes of at least 4 members (excludes halogenated alkanes) is 12. The molecule has 0 unspecified atom stereocenters. The molecule has 26 heavy (non-hydrogen) atoms. The summed E-state index contributed by atoms with van der Waals surface area (Å²) in [4.78, 5) is 28.5. The Kier molecular flexibility index (Phi) is 22.5. The molecule has 0 rings (SSSR count). The molecule has 0 aliphatic carbocycles. The molecule has 0 aromatic heterocycles. The number of amides is 1. The second kappa shape index (κ2) is 20.3. The number of carbonyl (C=O) groups is 1. The van der Waals surface area contributed by atoms with Gasteiger partial charge in [-0.2, -0.15) is 0 Å². The van der Waals surface area contributed by atoms with Crippen LogP contribution in [0.1, 0.15) is 98.2 Å². The first-order valence-electron chi connectivity index (χ1n) is 9.92. The van der Waals surface area contributed by atoms with E-state index in [0.717, 1.165) is 12.8 Å². The average Bonchev–Trinajstić information content (AvgIpc) is 2.55. The van der Waals surface area contributed by atoms with Gasteiger partial charge in [0.1, 0.15) is 0 Å². The summed E-state index contributed by atoms with van der Waals surface area (Å²) in [7, 11) is -4.43. The van der Waals surface area contributed by atoms with Crippen molar-refractivity contribution in [2.75, 3.05) is 13.2 Å². The van der Waals surface area contributed by atoms with Crippen molar-refractivity contribution < 1.29 is 54.7 Å². The van der Waals surface area contributed by atoms with Gasteiger partial charge in [0, 0.05) is 13.0 Å². The molecular weight excluding hydrogens is 364 g/mol. The Labute approximate surface area is 183 Å². The molecule has 8 heteroatoms. The molecule has 0 saturated carbocycles. The summed E-state index contributed by atoms with van der Waals surface area (Å²) >= 11 is 0. The van der Waals surface area contributed by atoms with Gasteiger partial charge in [-0.1, -0.05) is 84.0 Å². The van der Waals surface area contributed by atoms with Crippen LogP contribution >= 0.6 is 7.82 Å². The average molecular weight is 403 g/mol. The molecule has 0 aliphatic heterocycles. The van der Waals surface area contributed by atoms with E-state index < -0.39 is 7.82 Å². The Morgan fingerprint density at radius 2 is 1.31 bits per heavy atom. The predicted octanol–water partition coefficient (Wildman–Crippen LogP) is 1.81. The van der Waals surface area contributed by atoms with E-state index in [4.69, 9.17) is 9.79 Å². The van der Waals surface area contributed by atoms with Gasteiger partial charge in [0.05, 0.1) is 6.61 Å². The summed E-state index contributed by atoms with van der Waals surface area (Å²) in [5, 5.41) is 2.59. The molecule has 1 amide bonds. The van der Waals surface area contributed by atoms with Crippen LogP contribution < -0.4 is 34.9 Å². The number of hydrogen-bond acceptors (Lipinski definition) is 3. The van der Waals surface area contributed by atoms with E-state index in [-0.39, 0.29) is 50.0 Å². The Morgan fingerprint density at radius 1 is 0.885 bits per heavy atom. The number of hydrogen-bond donors (Lipinski definition) is 3. The Bertz CT molecular complexity index is 372. The summed E-state index contributed by atoms with van der Waals surface area (Å²) in [6.45, 7) is 2.20. The molecular formula is C18H39NNaO5P. The van der Waals surface area contributed by atoms with Crippen molar-refractivity contribution >= 4 is 13.7 Å². The maximum Gasteiger partial charge on any atom is 1.00 e. The monoisotopic (exact) mass is 403 g/mol. The van der Waals surface area contributed by atoms with E-state index in [1.807, 2.05) is 0 Å². The fourth-order valence-electron chi connectivity index (χ4n) is 2.75. The van der Waals surface area contributed by atoms with Crippen molar-refractivity contribution in [3.63, 3.8) is 0 Å².